The average molecular weight is 418 g/mol. The van der Waals surface area contributed by atoms with Gasteiger partial charge in [-0.05, 0) is 62.4 Å². The molecule has 1 fully saturated rings. The van der Waals surface area contributed by atoms with E-state index in [2.05, 4.69) is 17.6 Å². The molecule has 1 aliphatic rings. The summed E-state index contributed by atoms with van der Waals surface area (Å²) >= 11 is 0. The van der Waals surface area contributed by atoms with Crippen LogP contribution in [0.4, 0.5) is 0 Å². The average Bonchev–Trinajstić information content (AvgIpc) is 2.61. The number of nitrogens with one attached hydrogen (secondary N) is 2. The Bertz CT molecular complexity index is 745. The SMILES string of the molecule is CCNCCNC(=O)c1cc(C)c(C)c(S(=O)(=O)N2CCC(C)CC2)c1.Cl. The molecule has 1 saturated heterocycles. The number of piperidine rings is 1. The maximum Gasteiger partial charge on any atom is 0.251 e. The summed E-state index contributed by atoms with van der Waals surface area (Å²) in [4.78, 5) is 12.7. The van der Waals surface area contributed by atoms with Crippen molar-refractivity contribution in [2.24, 2.45) is 5.92 Å². The number of nitrogens with zero attached hydrogens (tertiary/aromatic N) is 1. The van der Waals surface area contributed by atoms with Gasteiger partial charge in [0.1, 0.15) is 0 Å². The second-order valence-corrected chi connectivity index (χ2v) is 9.02. The lowest BCUT2D eigenvalue weighted by molar-refractivity contribution is 0.0953. The number of likely N-dealkylation sites (N-methyl/N-ethyl adjacent to an activating group) is 1. The van der Waals surface area contributed by atoms with Gasteiger partial charge in [-0.1, -0.05) is 13.8 Å². The Morgan fingerprint density at radius 2 is 1.81 bits per heavy atom. The van der Waals surface area contributed by atoms with Crippen molar-refractivity contribution in [3.63, 3.8) is 0 Å². The van der Waals surface area contributed by atoms with Crippen molar-refractivity contribution in [2.45, 2.75) is 45.4 Å². The molecule has 8 heteroatoms. The summed E-state index contributed by atoms with van der Waals surface area (Å²) in [5, 5.41) is 5.98. The summed E-state index contributed by atoms with van der Waals surface area (Å²) in [5.41, 5.74) is 1.93. The van der Waals surface area contributed by atoms with E-state index in [1.54, 1.807) is 10.4 Å². The zero-order valence-electron chi connectivity index (χ0n) is 16.7. The van der Waals surface area contributed by atoms with E-state index in [0.717, 1.165) is 24.9 Å². The molecule has 0 bridgehead atoms. The molecule has 1 amide bonds. The van der Waals surface area contributed by atoms with E-state index in [4.69, 9.17) is 0 Å². The number of hydrogen-bond donors (Lipinski definition) is 2. The molecule has 0 radical (unpaired) electrons. The molecule has 1 aromatic rings. The van der Waals surface area contributed by atoms with E-state index >= 15 is 0 Å². The van der Waals surface area contributed by atoms with Crippen LogP contribution in [0.3, 0.4) is 0 Å². The van der Waals surface area contributed by atoms with Crippen LogP contribution >= 0.6 is 12.4 Å². The number of benzene rings is 1. The van der Waals surface area contributed by atoms with E-state index in [1.165, 1.54) is 6.07 Å². The number of hydrogen-bond acceptors (Lipinski definition) is 4. The summed E-state index contributed by atoms with van der Waals surface area (Å²) in [6, 6.07) is 3.29. The molecule has 0 aromatic heterocycles. The van der Waals surface area contributed by atoms with Crippen molar-refractivity contribution in [1.82, 2.24) is 14.9 Å². The minimum absolute atomic E-state index is 0. The highest BCUT2D eigenvalue weighted by Gasteiger charge is 2.30. The van der Waals surface area contributed by atoms with Gasteiger partial charge in [0.25, 0.3) is 5.91 Å². The third-order valence-electron chi connectivity index (χ3n) is 5.08. The first kappa shape index (κ1) is 23.9. The van der Waals surface area contributed by atoms with Crippen molar-refractivity contribution >= 4 is 28.3 Å². The van der Waals surface area contributed by atoms with Gasteiger partial charge in [0.05, 0.1) is 4.90 Å². The number of sulfonamides is 1. The molecule has 2 rings (SSSR count). The Kier molecular flexibility index (Phi) is 9.21. The zero-order chi connectivity index (χ0) is 19.3. The lowest BCUT2D eigenvalue weighted by Gasteiger charge is -2.30. The second kappa shape index (κ2) is 10.4. The smallest absolute Gasteiger partial charge is 0.251 e. The van der Waals surface area contributed by atoms with Crippen molar-refractivity contribution in [1.29, 1.82) is 0 Å². The third kappa shape index (κ3) is 5.91. The number of amides is 1. The molecule has 154 valence electrons. The van der Waals surface area contributed by atoms with Gasteiger partial charge < -0.3 is 10.6 Å². The summed E-state index contributed by atoms with van der Waals surface area (Å²) in [6.07, 6.45) is 1.75. The summed E-state index contributed by atoms with van der Waals surface area (Å²) < 4.78 is 27.8. The van der Waals surface area contributed by atoms with Crippen LogP contribution in [0.5, 0.6) is 0 Å². The fourth-order valence-corrected chi connectivity index (χ4v) is 4.93. The summed E-state index contributed by atoms with van der Waals surface area (Å²) in [6.45, 7) is 10.9. The highest BCUT2D eigenvalue weighted by Crippen LogP contribution is 2.27. The van der Waals surface area contributed by atoms with E-state index < -0.39 is 10.0 Å². The Labute approximate surface area is 169 Å². The van der Waals surface area contributed by atoms with Crippen LogP contribution in [-0.4, -0.2) is 51.4 Å². The first-order chi connectivity index (χ1) is 12.3. The lowest BCUT2D eigenvalue weighted by atomic mass is 10.0. The molecular formula is C19H32ClN3O3S. The van der Waals surface area contributed by atoms with Crippen LogP contribution in [0.2, 0.25) is 0 Å². The molecule has 6 nitrogen and oxygen atoms in total. The van der Waals surface area contributed by atoms with Gasteiger partial charge in [-0.3, -0.25) is 4.79 Å². The fourth-order valence-electron chi connectivity index (χ4n) is 3.13. The molecule has 1 aliphatic heterocycles. The van der Waals surface area contributed by atoms with Crippen LogP contribution in [0, 0.1) is 19.8 Å². The molecule has 0 spiro atoms. The maximum absolute atomic E-state index is 13.1. The van der Waals surface area contributed by atoms with E-state index in [0.29, 0.717) is 43.2 Å². The highest BCUT2D eigenvalue weighted by atomic mass is 35.5. The number of carbonyl (C=O) groups is 1. The lowest BCUT2D eigenvalue weighted by Crippen LogP contribution is -2.38. The van der Waals surface area contributed by atoms with Crippen molar-refractivity contribution < 1.29 is 13.2 Å². The van der Waals surface area contributed by atoms with Crippen LogP contribution in [0.15, 0.2) is 17.0 Å². The van der Waals surface area contributed by atoms with Crippen LogP contribution in [0.1, 0.15) is 48.2 Å². The van der Waals surface area contributed by atoms with Gasteiger partial charge >= 0.3 is 0 Å². The molecular weight excluding hydrogens is 386 g/mol. The molecule has 1 heterocycles. The standard InChI is InChI=1S/C19H31N3O3S.ClH/c1-5-20-8-9-21-19(23)17-12-15(3)16(4)18(13-17)26(24,25)22-10-6-14(2)7-11-22;/h12-14,20H,5-11H2,1-4H3,(H,21,23);1H. The Morgan fingerprint density at radius 1 is 1.19 bits per heavy atom. The first-order valence-electron chi connectivity index (χ1n) is 9.37. The molecule has 1 aromatic carbocycles. The number of rotatable bonds is 7. The first-order valence-corrected chi connectivity index (χ1v) is 10.8. The van der Waals surface area contributed by atoms with Gasteiger partial charge in [0.2, 0.25) is 10.0 Å². The van der Waals surface area contributed by atoms with Gasteiger partial charge in [-0.25, -0.2) is 8.42 Å². The molecule has 0 saturated carbocycles. The monoisotopic (exact) mass is 417 g/mol. The van der Waals surface area contributed by atoms with Gasteiger partial charge in [0.15, 0.2) is 0 Å². The second-order valence-electron chi connectivity index (χ2n) is 7.11. The van der Waals surface area contributed by atoms with Crippen molar-refractivity contribution in [2.75, 3.05) is 32.7 Å². The van der Waals surface area contributed by atoms with Crippen molar-refractivity contribution in [3.8, 4) is 0 Å². The molecule has 2 N–H and O–H groups in total. The normalized spacial score (nSPS) is 16.0. The van der Waals surface area contributed by atoms with Gasteiger partial charge in [-0.2, -0.15) is 4.31 Å². The maximum atomic E-state index is 13.1. The molecule has 27 heavy (non-hydrogen) atoms. The molecule has 0 aliphatic carbocycles. The fraction of sp³-hybridized carbons (Fsp3) is 0.632. The molecule has 0 atom stereocenters. The topological polar surface area (TPSA) is 78.5 Å². The predicted octanol–water partition coefficient (Wildman–Crippen LogP) is 2.49. The van der Waals surface area contributed by atoms with Crippen LogP contribution in [0.25, 0.3) is 0 Å². The van der Waals surface area contributed by atoms with Crippen LogP contribution < -0.4 is 10.6 Å². The quantitative estimate of drug-likeness (QED) is 0.668. The Balaban J connectivity index is 0.00000364. The largest absolute Gasteiger partial charge is 0.351 e. The highest BCUT2D eigenvalue weighted by molar-refractivity contribution is 7.89. The van der Waals surface area contributed by atoms with Crippen molar-refractivity contribution in [3.05, 3.63) is 28.8 Å². The Hall–Kier alpha value is -1.15. The summed E-state index contributed by atoms with van der Waals surface area (Å²) in [5.74, 6) is 0.313. The Morgan fingerprint density at radius 3 is 2.41 bits per heavy atom. The van der Waals surface area contributed by atoms with E-state index in [9.17, 15) is 13.2 Å². The minimum atomic E-state index is -3.58. The van der Waals surface area contributed by atoms with Gasteiger partial charge in [0, 0.05) is 31.7 Å². The van der Waals surface area contributed by atoms with E-state index in [1.807, 2.05) is 20.8 Å². The van der Waals surface area contributed by atoms with Gasteiger partial charge in [-0.15, -0.1) is 12.4 Å². The third-order valence-corrected chi connectivity index (χ3v) is 7.10. The predicted molar refractivity (Wildman–Crippen MR) is 111 cm³/mol. The number of aryl methyl sites for hydroxylation is 1. The van der Waals surface area contributed by atoms with E-state index in [-0.39, 0.29) is 23.2 Å². The zero-order valence-corrected chi connectivity index (χ0v) is 18.3. The van der Waals surface area contributed by atoms with Crippen LogP contribution in [-0.2, 0) is 10.0 Å². The summed E-state index contributed by atoms with van der Waals surface area (Å²) in [7, 11) is -3.58. The molecule has 0 unspecified atom stereocenters. The minimum Gasteiger partial charge on any atom is -0.351 e. The number of halogens is 1. The number of carbonyl (C=O) groups excluding carboxylic acids is 1.